The first-order valence-corrected chi connectivity index (χ1v) is 10.0. The molecule has 1 aromatic heterocycles. The van der Waals surface area contributed by atoms with E-state index in [-0.39, 0.29) is 35.9 Å². The summed E-state index contributed by atoms with van der Waals surface area (Å²) in [5, 5.41) is 0. The van der Waals surface area contributed by atoms with Crippen molar-refractivity contribution >= 4 is 17.3 Å². The van der Waals surface area contributed by atoms with Crippen molar-refractivity contribution in [2.24, 2.45) is 0 Å². The fourth-order valence-electron chi connectivity index (χ4n) is 4.11. The number of benzene rings is 2. The number of fused-ring (bicyclic) bond motifs is 1. The molecule has 0 amide bonds. The smallest absolute Gasteiger partial charge is 0.222 e. The Morgan fingerprint density at radius 2 is 1.48 bits per heavy atom. The van der Waals surface area contributed by atoms with Gasteiger partial charge in [-0.05, 0) is 11.6 Å². The Morgan fingerprint density at radius 3 is 2.13 bits per heavy atom. The summed E-state index contributed by atoms with van der Waals surface area (Å²) >= 11 is 0. The van der Waals surface area contributed by atoms with Gasteiger partial charge in [-0.3, -0.25) is 9.59 Å². The van der Waals surface area contributed by atoms with E-state index in [1.54, 1.807) is 47.3 Å². The molecule has 2 heterocycles. The van der Waals surface area contributed by atoms with Crippen molar-refractivity contribution in [3.05, 3.63) is 108 Å². The molecule has 1 aliphatic rings. The van der Waals surface area contributed by atoms with E-state index >= 15 is 0 Å². The number of halogens is 1. The van der Waals surface area contributed by atoms with Crippen LogP contribution in [0.1, 0.15) is 35.3 Å². The molecule has 0 atom stereocenters. The van der Waals surface area contributed by atoms with Gasteiger partial charge < -0.3 is 17.3 Å². The van der Waals surface area contributed by atoms with Gasteiger partial charge in [0.2, 0.25) is 12.3 Å². The predicted molar refractivity (Wildman–Crippen MR) is 117 cm³/mol. The highest BCUT2D eigenvalue weighted by Gasteiger charge is 2.38. The molecule has 31 heavy (non-hydrogen) atoms. The average molecular weight is 433 g/mol. The second-order valence-corrected chi connectivity index (χ2v) is 8.15. The van der Waals surface area contributed by atoms with Crippen molar-refractivity contribution in [1.82, 2.24) is 0 Å². The molecule has 1 aliphatic heterocycles. The van der Waals surface area contributed by atoms with Crippen LogP contribution in [0.5, 0.6) is 0 Å². The van der Waals surface area contributed by atoms with E-state index in [1.807, 2.05) is 37.4 Å². The molecular formula is C26H25ClN2O2. The number of likely N-dealkylation sites (N-methyl/N-ethyl adjacent to an activating group) is 1. The largest absolute Gasteiger partial charge is 1.00 e. The van der Waals surface area contributed by atoms with Crippen LogP contribution in [0, 0.1) is 0 Å². The van der Waals surface area contributed by atoms with Crippen molar-refractivity contribution in [1.29, 1.82) is 0 Å². The van der Waals surface area contributed by atoms with Crippen molar-refractivity contribution in [3.8, 4) is 0 Å². The van der Waals surface area contributed by atoms with Gasteiger partial charge in [0.1, 0.15) is 0 Å². The van der Waals surface area contributed by atoms with Gasteiger partial charge in [0, 0.05) is 53.2 Å². The third kappa shape index (κ3) is 4.30. The van der Waals surface area contributed by atoms with Crippen LogP contribution in [0.3, 0.4) is 0 Å². The molecule has 0 unspecified atom stereocenters. The standard InChI is InChI=1S/C26H25N2O2.ClH/c1-26(2)22-11-7-8-12-23(22)27(3)24(26)17-21(29)18-28-15-13-20(14-16-28)25(30)19-9-5-4-6-10-19;/h4-17H,18H2,1-3H3;1H/q+1;/p-1. The molecule has 0 saturated carbocycles. The number of hydrogen-bond acceptors (Lipinski definition) is 3. The molecule has 0 saturated heterocycles. The zero-order chi connectivity index (χ0) is 21.3. The molecule has 0 bridgehead atoms. The Kier molecular flexibility index (Phi) is 6.42. The number of rotatable bonds is 5. The molecule has 4 rings (SSSR count). The SMILES string of the molecule is CN1C(=CC(=O)C[n+]2ccc(C(=O)c3ccccc3)cc2)C(C)(C)c2ccccc21.[Cl-]. The van der Waals surface area contributed by atoms with E-state index in [2.05, 4.69) is 30.9 Å². The lowest BCUT2D eigenvalue weighted by molar-refractivity contribution is -0.683. The number of allylic oxidation sites excluding steroid dienone is 2. The van der Waals surface area contributed by atoms with Gasteiger partial charge >= 0.3 is 0 Å². The van der Waals surface area contributed by atoms with Crippen LogP contribution in [-0.4, -0.2) is 18.6 Å². The summed E-state index contributed by atoms with van der Waals surface area (Å²) < 4.78 is 1.80. The van der Waals surface area contributed by atoms with Gasteiger partial charge in [0.25, 0.3) is 0 Å². The molecule has 0 radical (unpaired) electrons. The van der Waals surface area contributed by atoms with Crippen molar-refractivity contribution in [3.63, 3.8) is 0 Å². The third-order valence-corrected chi connectivity index (χ3v) is 5.77. The Morgan fingerprint density at radius 1 is 0.903 bits per heavy atom. The molecule has 2 aromatic carbocycles. The summed E-state index contributed by atoms with van der Waals surface area (Å²) in [5.74, 6) is -0.00634. The number of nitrogens with zero attached hydrogens (tertiary/aromatic N) is 2. The quantitative estimate of drug-likeness (QED) is 0.344. The molecule has 0 aliphatic carbocycles. The van der Waals surface area contributed by atoms with Crippen LogP contribution in [0.4, 0.5) is 5.69 Å². The topological polar surface area (TPSA) is 41.3 Å². The van der Waals surface area contributed by atoms with Gasteiger partial charge in [-0.2, -0.15) is 4.57 Å². The normalized spacial score (nSPS) is 15.3. The monoisotopic (exact) mass is 432 g/mol. The number of anilines is 1. The van der Waals surface area contributed by atoms with Gasteiger partial charge in [0.05, 0.1) is 0 Å². The summed E-state index contributed by atoms with van der Waals surface area (Å²) in [5.41, 5.74) is 4.39. The Hall–Kier alpha value is -3.24. The molecule has 0 N–H and O–H groups in total. The van der Waals surface area contributed by atoms with E-state index in [4.69, 9.17) is 0 Å². The molecule has 4 nitrogen and oxygen atoms in total. The van der Waals surface area contributed by atoms with Crippen molar-refractivity contribution in [2.75, 3.05) is 11.9 Å². The van der Waals surface area contributed by atoms with E-state index in [0.29, 0.717) is 11.1 Å². The molecule has 158 valence electrons. The Bertz CT molecular complexity index is 1140. The van der Waals surface area contributed by atoms with Crippen LogP contribution in [0.25, 0.3) is 0 Å². The second-order valence-electron chi connectivity index (χ2n) is 8.15. The highest BCUT2D eigenvalue weighted by atomic mass is 35.5. The van der Waals surface area contributed by atoms with E-state index in [9.17, 15) is 9.59 Å². The molecular weight excluding hydrogens is 408 g/mol. The molecule has 3 aromatic rings. The number of pyridine rings is 1. The summed E-state index contributed by atoms with van der Waals surface area (Å²) in [7, 11) is 2.00. The summed E-state index contributed by atoms with van der Waals surface area (Å²) in [6, 6.07) is 21.0. The maximum Gasteiger partial charge on any atom is 0.222 e. The Balaban J connectivity index is 0.00000272. The minimum absolute atomic E-state index is 0. The van der Waals surface area contributed by atoms with Gasteiger partial charge in [-0.1, -0.05) is 62.4 Å². The van der Waals surface area contributed by atoms with Crippen LogP contribution < -0.4 is 21.9 Å². The number of ketones is 2. The fourth-order valence-corrected chi connectivity index (χ4v) is 4.11. The van der Waals surface area contributed by atoms with Crippen LogP contribution in [0.2, 0.25) is 0 Å². The van der Waals surface area contributed by atoms with Gasteiger partial charge in [-0.15, -0.1) is 0 Å². The first-order chi connectivity index (χ1) is 14.4. The average Bonchev–Trinajstić information content (AvgIpc) is 2.95. The summed E-state index contributed by atoms with van der Waals surface area (Å²) in [6.45, 7) is 4.51. The maximum absolute atomic E-state index is 12.8. The zero-order valence-corrected chi connectivity index (χ0v) is 18.6. The zero-order valence-electron chi connectivity index (χ0n) is 17.9. The first kappa shape index (κ1) is 22.4. The Labute approximate surface area is 189 Å². The molecule has 0 spiro atoms. The maximum atomic E-state index is 12.8. The van der Waals surface area contributed by atoms with Crippen LogP contribution >= 0.6 is 0 Å². The summed E-state index contributed by atoms with van der Waals surface area (Å²) in [6.07, 6.45) is 5.31. The third-order valence-electron chi connectivity index (χ3n) is 5.77. The number of hydrogen-bond donors (Lipinski definition) is 0. The number of para-hydroxylation sites is 1. The highest BCUT2D eigenvalue weighted by molar-refractivity contribution is 6.08. The highest BCUT2D eigenvalue weighted by Crippen LogP contribution is 2.46. The van der Waals surface area contributed by atoms with Crippen LogP contribution in [-0.2, 0) is 16.8 Å². The van der Waals surface area contributed by atoms with E-state index in [0.717, 1.165) is 11.4 Å². The lowest BCUT2D eigenvalue weighted by Gasteiger charge is -2.23. The summed E-state index contributed by atoms with van der Waals surface area (Å²) in [4.78, 5) is 27.4. The fraction of sp³-hybridized carbons (Fsp3) is 0.192. The second kappa shape index (κ2) is 8.86. The lowest BCUT2D eigenvalue weighted by Crippen LogP contribution is -3.00. The van der Waals surface area contributed by atoms with Crippen molar-refractivity contribution < 1.29 is 26.6 Å². The molecule has 0 fully saturated rings. The van der Waals surface area contributed by atoms with Gasteiger partial charge in [0.15, 0.2) is 18.2 Å². The first-order valence-electron chi connectivity index (χ1n) is 10.0. The number of carbonyl (C=O) groups is 2. The minimum Gasteiger partial charge on any atom is -1.00 e. The number of aromatic nitrogens is 1. The van der Waals surface area contributed by atoms with Gasteiger partial charge in [-0.25, -0.2) is 0 Å². The van der Waals surface area contributed by atoms with Crippen LogP contribution in [0.15, 0.2) is 90.9 Å². The minimum atomic E-state index is -0.225. The van der Waals surface area contributed by atoms with E-state index < -0.39 is 0 Å². The predicted octanol–water partition coefficient (Wildman–Crippen LogP) is 1.09. The van der Waals surface area contributed by atoms with E-state index in [1.165, 1.54) is 5.56 Å². The van der Waals surface area contributed by atoms with Crippen molar-refractivity contribution in [2.45, 2.75) is 25.8 Å². The number of carbonyl (C=O) groups excluding carboxylic acids is 2. The lowest BCUT2D eigenvalue weighted by atomic mass is 9.83. The molecule has 5 heteroatoms.